The normalized spacial score (nSPS) is 15.7. The van der Waals surface area contributed by atoms with Crippen molar-refractivity contribution in [2.45, 2.75) is 12.5 Å². The van der Waals surface area contributed by atoms with Crippen LogP contribution in [0.15, 0.2) is 55.0 Å². The van der Waals surface area contributed by atoms with Crippen LogP contribution in [-0.2, 0) is 14.3 Å². The van der Waals surface area contributed by atoms with Crippen LogP contribution in [0, 0.1) is 0 Å². The third-order valence-electron chi connectivity index (χ3n) is 6.47. The summed E-state index contributed by atoms with van der Waals surface area (Å²) in [5.41, 5.74) is 3.49. The van der Waals surface area contributed by atoms with Gasteiger partial charge in [0.2, 0.25) is 11.8 Å². The Morgan fingerprint density at radius 1 is 1.21 bits per heavy atom. The third kappa shape index (κ3) is 6.79. The van der Waals surface area contributed by atoms with E-state index in [4.69, 9.17) is 11.6 Å². The third-order valence-corrected chi connectivity index (χ3v) is 6.71. The molecule has 4 aromatic rings. The molecule has 0 saturated heterocycles. The van der Waals surface area contributed by atoms with Crippen LogP contribution in [0.25, 0.3) is 23.0 Å². The van der Waals surface area contributed by atoms with Gasteiger partial charge in [-0.15, -0.1) is 5.10 Å². The monoisotopic (exact) mass is 590 g/mol. The molecule has 1 atom stereocenters. The SMILES string of the molecule is COC(=O)Nc1ccc2c(c1)NC(=O)CN(C)CCC(NC(=O)C=Cc1cc(Cl)ccc1-n1cnnn1)c1ncc-2[nH]1. The summed E-state index contributed by atoms with van der Waals surface area (Å²) in [6.07, 6.45) is 5.97. The lowest BCUT2D eigenvalue weighted by atomic mass is 10.1. The van der Waals surface area contributed by atoms with Gasteiger partial charge in [0.05, 0.1) is 43.0 Å². The van der Waals surface area contributed by atoms with Gasteiger partial charge in [-0.2, -0.15) is 4.68 Å². The van der Waals surface area contributed by atoms with Gasteiger partial charge in [0.1, 0.15) is 12.2 Å². The van der Waals surface area contributed by atoms with Crippen molar-refractivity contribution in [2.75, 3.05) is 37.9 Å². The molecule has 0 saturated carbocycles. The lowest BCUT2D eigenvalue weighted by Crippen LogP contribution is -2.35. The highest BCUT2D eigenvalue weighted by Crippen LogP contribution is 2.31. The molecule has 2 aromatic carbocycles. The van der Waals surface area contributed by atoms with Crippen LogP contribution in [0.5, 0.6) is 0 Å². The highest BCUT2D eigenvalue weighted by Gasteiger charge is 2.22. The van der Waals surface area contributed by atoms with Crippen molar-refractivity contribution in [3.63, 3.8) is 0 Å². The average Bonchev–Trinajstić information content (AvgIpc) is 3.67. The zero-order valence-corrected chi connectivity index (χ0v) is 23.4. The summed E-state index contributed by atoms with van der Waals surface area (Å²) in [6.45, 7) is 0.606. The lowest BCUT2D eigenvalue weighted by molar-refractivity contribution is -0.118. The van der Waals surface area contributed by atoms with Crippen LogP contribution in [0.3, 0.4) is 0 Å². The van der Waals surface area contributed by atoms with Gasteiger partial charge in [-0.1, -0.05) is 11.6 Å². The number of nitrogens with one attached hydrogen (secondary N) is 4. The van der Waals surface area contributed by atoms with Crippen molar-refractivity contribution >= 4 is 47.0 Å². The summed E-state index contributed by atoms with van der Waals surface area (Å²) >= 11 is 6.19. The van der Waals surface area contributed by atoms with E-state index in [-0.39, 0.29) is 18.4 Å². The molecule has 3 amide bonds. The number of aromatic nitrogens is 6. The molecular formula is C27H27ClN10O4. The van der Waals surface area contributed by atoms with E-state index in [1.165, 1.54) is 24.2 Å². The Morgan fingerprint density at radius 2 is 2.07 bits per heavy atom. The number of aromatic amines is 1. The van der Waals surface area contributed by atoms with Crippen LogP contribution in [-0.4, -0.2) is 80.2 Å². The molecule has 3 heterocycles. The van der Waals surface area contributed by atoms with Crippen molar-refractivity contribution in [3.05, 3.63) is 71.4 Å². The van der Waals surface area contributed by atoms with E-state index >= 15 is 0 Å². The molecule has 42 heavy (non-hydrogen) atoms. The Kier molecular flexibility index (Phi) is 8.55. The fraction of sp³-hybridized carbons (Fsp3) is 0.222. The maximum absolute atomic E-state index is 13.1. The Labute approximate surface area is 245 Å². The number of imidazole rings is 1. The van der Waals surface area contributed by atoms with Gasteiger partial charge in [-0.3, -0.25) is 19.8 Å². The zero-order chi connectivity index (χ0) is 29.6. The molecular weight excluding hydrogens is 564 g/mol. The van der Waals surface area contributed by atoms with E-state index in [0.717, 1.165) is 0 Å². The Bertz CT molecular complexity index is 1640. The molecule has 0 fully saturated rings. The van der Waals surface area contributed by atoms with E-state index in [2.05, 4.69) is 46.2 Å². The zero-order valence-electron chi connectivity index (χ0n) is 22.7. The molecule has 1 aliphatic heterocycles. The van der Waals surface area contributed by atoms with E-state index in [0.29, 0.717) is 57.7 Å². The summed E-state index contributed by atoms with van der Waals surface area (Å²) in [5.74, 6) is -0.0448. The molecule has 216 valence electrons. The first-order valence-corrected chi connectivity index (χ1v) is 13.2. The second-order valence-corrected chi connectivity index (χ2v) is 9.92. The number of carbonyl (C=O) groups excluding carboxylic acids is 3. The summed E-state index contributed by atoms with van der Waals surface area (Å²) in [5, 5.41) is 20.3. The molecule has 2 aromatic heterocycles. The standard InChI is InChI=1S/C27H27ClN10O4/c1-37-10-9-20(32-24(39)8-3-16-11-17(28)4-7-23(16)38-15-30-35-36-38)26-29-13-22(34-26)19-6-5-18(31-27(41)42-2)12-21(19)33-25(40)14-37/h3-8,11-13,15,20H,9-10,14H2,1-2H3,(H,29,34)(H,31,41)(H,32,39)(H,33,40). The number of amides is 3. The topological polar surface area (TPSA) is 172 Å². The van der Waals surface area contributed by atoms with E-state index in [1.54, 1.807) is 48.7 Å². The molecule has 14 nitrogen and oxygen atoms in total. The minimum absolute atomic E-state index is 0.113. The van der Waals surface area contributed by atoms with Crippen molar-refractivity contribution < 1.29 is 19.1 Å². The quantitative estimate of drug-likeness (QED) is 0.255. The van der Waals surface area contributed by atoms with Crippen molar-refractivity contribution in [2.24, 2.45) is 0 Å². The minimum Gasteiger partial charge on any atom is -0.453 e. The fourth-order valence-corrected chi connectivity index (χ4v) is 4.63. The van der Waals surface area contributed by atoms with Gasteiger partial charge in [0, 0.05) is 34.5 Å². The van der Waals surface area contributed by atoms with Gasteiger partial charge in [-0.25, -0.2) is 9.78 Å². The molecule has 1 aliphatic rings. The van der Waals surface area contributed by atoms with Gasteiger partial charge in [-0.05, 0) is 66.4 Å². The van der Waals surface area contributed by atoms with Crippen LogP contribution < -0.4 is 16.0 Å². The van der Waals surface area contributed by atoms with Crippen LogP contribution >= 0.6 is 11.6 Å². The minimum atomic E-state index is -0.632. The highest BCUT2D eigenvalue weighted by atomic mass is 35.5. The second-order valence-electron chi connectivity index (χ2n) is 9.49. The number of halogens is 1. The summed E-state index contributed by atoms with van der Waals surface area (Å²) in [6, 6.07) is 9.76. The van der Waals surface area contributed by atoms with Gasteiger partial charge >= 0.3 is 6.09 Å². The smallest absolute Gasteiger partial charge is 0.411 e. The molecule has 1 unspecified atom stereocenters. The largest absolute Gasteiger partial charge is 0.453 e. The molecule has 0 spiro atoms. The second kappa shape index (κ2) is 12.6. The Morgan fingerprint density at radius 3 is 2.86 bits per heavy atom. The molecule has 2 bridgehead atoms. The number of fused-ring (bicyclic) bond motifs is 4. The average molecular weight is 591 g/mol. The molecule has 5 rings (SSSR count). The number of rotatable bonds is 5. The number of ether oxygens (including phenoxy) is 1. The molecule has 0 radical (unpaired) electrons. The number of carbonyl (C=O) groups is 3. The first-order valence-electron chi connectivity index (χ1n) is 12.8. The van der Waals surface area contributed by atoms with Gasteiger partial charge in [0.25, 0.3) is 0 Å². The van der Waals surface area contributed by atoms with E-state index in [1.807, 2.05) is 11.9 Å². The number of H-pyrrole nitrogens is 1. The maximum Gasteiger partial charge on any atom is 0.411 e. The number of tetrazole rings is 1. The number of benzene rings is 2. The highest BCUT2D eigenvalue weighted by molar-refractivity contribution is 6.30. The van der Waals surface area contributed by atoms with Crippen LogP contribution in [0.4, 0.5) is 16.2 Å². The van der Waals surface area contributed by atoms with Crippen LogP contribution in [0.1, 0.15) is 23.9 Å². The Hall–Kier alpha value is -5.08. The predicted molar refractivity (Wildman–Crippen MR) is 155 cm³/mol. The maximum atomic E-state index is 13.1. The number of nitrogens with zero attached hydrogens (tertiary/aromatic N) is 6. The predicted octanol–water partition coefficient (Wildman–Crippen LogP) is 3.03. The van der Waals surface area contributed by atoms with Crippen molar-refractivity contribution in [1.82, 2.24) is 40.4 Å². The van der Waals surface area contributed by atoms with Gasteiger partial charge < -0.3 is 20.4 Å². The van der Waals surface area contributed by atoms with Gasteiger partial charge in [0.15, 0.2) is 0 Å². The first-order chi connectivity index (χ1) is 20.3. The number of methoxy groups -OCH3 is 1. The summed E-state index contributed by atoms with van der Waals surface area (Å²) < 4.78 is 6.14. The summed E-state index contributed by atoms with van der Waals surface area (Å²) in [4.78, 5) is 47.3. The fourth-order valence-electron chi connectivity index (χ4n) is 4.44. The van der Waals surface area contributed by atoms with E-state index < -0.39 is 12.1 Å². The molecule has 0 aliphatic carbocycles. The number of anilines is 2. The lowest BCUT2D eigenvalue weighted by Gasteiger charge is -2.22. The first kappa shape index (κ1) is 28.4. The van der Waals surface area contributed by atoms with Crippen LogP contribution in [0.2, 0.25) is 5.02 Å². The Balaban J connectivity index is 1.41. The number of hydrogen-bond donors (Lipinski definition) is 4. The summed E-state index contributed by atoms with van der Waals surface area (Å²) in [7, 11) is 3.08. The molecule has 4 N–H and O–H groups in total. The van der Waals surface area contributed by atoms with Crippen molar-refractivity contribution in [1.29, 1.82) is 0 Å². The number of hydrogen-bond acceptors (Lipinski definition) is 9. The van der Waals surface area contributed by atoms with Crippen molar-refractivity contribution in [3.8, 4) is 16.9 Å². The number of likely N-dealkylation sites (N-methyl/N-ethyl adjacent to an activating group) is 1. The van der Waals surface area contributed by atoms with E-state index in [9.17, 15) is 14.4 Å². The molecule has 15 heteroatoms.